The Labute approximate surface area is 50.3 Å². The van der Waals surface area contributed by atoms with Gasteiger partial charge in [0.05, 0.1) is 6.10 Å². The summed E-state index contributed by atoms with van der Waals surface area (Å²) in [5.74, 6) is 0. The molecule has 0 spiro atoms. The van der Waals surface area contributed by atoms with Crippen LogP contribution in [0.1, 0.15) is 13.8 Å². The molecule has 8 heavy (non-hydrogen) atoms. The fourth-order valence-corrected chi connectivity index (χ4v) is 0.357. The molecule has 0 saturated carbocycles. The summed E-state index contributed by atoms with van der Waals surface area (Å²) < 4.78 is 0. The Balaban J connectivity index is 3.81. The zero-order valence-corrected chi connectivity index (χ0v) is 5.39. The third-order valence-electron chi connectivity index (χ3n) is 1.15. The first-order chi connectivity index (χ1) is 3.72. The van der Waals surface area contributed by atoms with E-state index in [1.807, 2.05) is 19.9 Å². The first-order valence-electron chi connectivity index (χ1n) is 2.65. The van der Waals surface area contributed by atoms with Crippen molar-refractivity contribution >= 4 is 0 Å². The number of aliphatic hydroxyl groups is 1. The largest absolute Gasteiger partial charge is 0.385 e. The highest BCUT2D eigenvalue weighted by Gasteiger charge is 1.95. The van der Waals surface area contributed by atoms with Crippen LogP contribution in [-0.2, 0) is 0 Å². The van der Waals surface area contributed by atoms with E-state index in [9.17, 15) is 0 Å². The molecule has 0 fully saturated rings. The summed E-state index contributed by atoms with van der Waals surface area (Å²) in [6.07, 6.45) is 2.92. The maximum atomic E-state index is 8.94. The molecule has 0 aromatic rings. The highest BCUT2D eigenvalue weighted by atomic mass is 16.3. The second-order valence-corrected chi connectivity index (χ2v) is 1.71. The van der Waals surface area contributed by atoms with Crippen molar-refractivity contribution in [1.82, 2.24) is 0 Å². The van der Waals surface area contributed by atoms with Gasteiger partial charge < -0.3 is 5.11 Å². The third-order valence-corrected chi connectivity index (χ3v) is 1.15. The Morgan fingerprint density at radius 1 is 1.75 bits per heavy atom. The summed E-state index contributed by atoms with van der Waals surface area (Å²) in [5.41, 5.74) is 0.944. The predicted molar refractivity (Wildman–Crippen MR) is 35.6 cm³/mol. The topological polar surface area (TPSA) is 20.2 Å². The smallest absolute Gasteiger partial charge is 0.0926 e. The molecule has 0 heterocycles. The van der Waals surface area contributed by atoms with Gasteiger partial charge in [-0.1, -0.05) is 12.2 Å². The highest BCUT2D eigenvalue weighted by Crippen LogP contribution is 1.99. The number of hydrogen-bond donors (Lipinski definition) is 1. The molecule has 0 aliphatic heterocycles. The van der Waals surface area contributed by atoms with Crippen molar-refractivity contribution in [2.24, 2.45) is 0 Å². The van der Waals surface area contributed by atoms with Gasteiger partial charge in [0.25, 0.3) is 0 Å². The standard InChI is InChI=1S/C7H12O/c1-4-6(3)7(8)5-2/h4-5,7-8H,2H2,1,3H3/b6-4-/t7-/m1/s1. The average Bonchev–Trinajstić information content (AvgIpc) is 1.84. The average molecular weight is 112 g/mol. The molecule has 0 saturated heterocycles. The Kier molecular flexibility index (Phi) is 3.20. The number of aliphatic hydroxyl groups excluding tert-OH is 1. The Morgan fingerprint density at radius 3 is 2.38 bits per heavy atom. The minimum atomic E-state index is -0.458. The second kappa shape index (κ2) is 3.44. The van der Waals surface area contributed by atoms with Crippen molar-refractivity contribution in [3.05, 3.63) is 24.3 Å². The van der Waals surface area contributed by atoms with Crippen LogP contribution in [0.3, 0.4) is 0 Å². The number of hydrogen-bond acceptors (Lipinski definition) is 1. The Morgan fingerprint density at radius 2 is 2.25 bits per heavy atom. The quantitative estimate of drug-likeness (QED) is 0.537. The first-order valence-corrected chi connectivity index (χ1v) is 2.65. The number of allylic oxidation sites excluding steroid dienone is 1. The van der Waals surface area contributed by atoms with Gasteiger partial charge in [0, 0.05) is 0 Å². The molecule has 0 aromatic heterocycles. The zero-order valence-electron chi connectivity index (χ0n) is 5.39. The fraction of sp³-hybridized carbons (Fsp3) is 0.429. The highest BCUT2D eigenvalue weighted by molar-refractivity contribution is 5.09. The maximum absolute atomic E-state index is 8.94. The molecule has 1 nitrogen and oxygen atoms in total. The van der Waals surface area contributed by atoms with Crippen LogP contribution in [-0.4, -0.2) is 11.2 Å². The molecule has 0 aliphatic carbocycles. The van der Waals surface area contributed by atoms with Gasteiger partial charge in [-0.15, -0.1) is 6.58 Å². The van der Waals surface area contributed by atoms with Crippen molar-refractivity contribution in [3.8, 4) is 0 Å². The normalized spacial score (nSPS) is 15.6. The molecule has 0 bridgehead atoms. The van der Waals surface area contributed by atoms with Gasteiger partial charge in [0.15, 0.2) is 0 Å². The second-order valence-electron chi connectivity index (χ2n) is 1.71. The number of rotatable bonds is 2. The lowest BCUT2D eigenvalue weighted by molar-refractivity contribution is 0.259. The van der Waals surface area contributed by atoms with E-state index < -0.39 is 6.10 Å². The molecule has 0 radical (unpaired) electrons. The van der Waals surface area contributed by atoms with Crippen molar-refractivity contribution < 1.29 is 5.11 Å². The SMILES string of the molecule is C=C[C@@H](O)/C(C)=C\C. The van der Waals surface area contributed by atoms with Crippen molar-refractivity contribution in [2.45, 2.75) is 20.0 Å². The van der Waals surface area contributed by atoms with E-state index in [1.54, 1.807) is 0 Å². The van der Waals surface area contributed by atoms with Crippen LogP contribution in [0.5, 0.6) is 0 Å². The molecule has 46 valence electrons. The van der Waals surface area contributed by atoms with E-state index in [2.05, 4.69) is 6.58 Å². The summed E-state index contributed by atoms with van der Waals surface area (Å²) >= 11 is 0. The van der Waals surface area contributed by atoms with E-state index in [4.69, 9.17) is 5.11 Å². The predicted octanol–water partition coefficient (Wildman–Crippen LogP) is 1.50. The molecule has 1 atom stereocenters. The maximum Gasteiger partial charge on any atom is 0.0926 e. The van der Waals surface area contributed by atoms with Crippen LogP contribution in [0.25, 0.3) is 0 Å². The molecule has 0 aromatic carbocycles. The van der Waals surface area contributed by atoms with Crippen molar-refractivity contribution in [2.75, 3.05) is 0 Å². The van der Waals surface area contributed by atoms with Gasteiger partial charge in [-0.05, 0) is 19.4 Å². The van der Waals surface area contributed by atoms with Crippen LogP contribution in [0.2, 0.25) is 0 Å². The van der Waals surface area contributed by atoms with Crippen molar-refractivity contribution in [1.29, 1.82) is 0 Å². The minimum absolute atomic E-state index is 0.458. The van der Waals surface area contributed by atoms with Gasteiger partial charge in [-0.3, -0.25) is 0 Å². The third kappa shape index (κ3) is 1.94. The summed E-state index contributed by atoms with van der Waals surface area (Å²) in [7, 11) is 0. The van der Waals surface area contributed by atoms with E-state index in [0.717, 1.165) is 5.57 Å². The molecule has 0 amide bonds. The van der Waals surface area contributed by atoms with Gasteiger partial charge in [-0.25, -0.2) is 0 Å². The van der Waals surface area contributed by atoms with Crippen LogP contribution in [0, 0.1) is 0 Å². The molecule has 1 N–H and O–H groups in total. The lowest BCUT2D eigenvalue weighted by atomic mass is 10.2. The van der Waals surface area contributed by atoms with Crippen LogP contribution in [0.4, 0.5) is 0 Å². The molecular formula is C7H12O. The molecule has 0 aliphatic rings. The van der Waals surface area contributed by atoms with Gasteiger partial charge in [-0.2, -0.15) is 0 Å². The van der Waals surface area contributed by atoms with Crippen molar-refractivity contribution in [3.63, 3.8) is 0 Å². The Bertz CT molecular complexity index is 103. The first kappa shape index (κ1) is 7.44. The molecular weight excluding hydrogens is 100 g/mol. The fourth-order valence-electron chi connectivity index (χ4n) is 0.357. The van der Waals surface area contributed by atoms with E-state index in [1.165, 1.54) is 6.08 Å². The minimum Gasteiger partial charge on any atom is -0.385 e. The monoisotopic (exact) mass is 112 g/mol. The van der Waals surface area contributed by atoms with Gasteiger partial charge >= 0.3 is 0 Å². The van der Waals surface area contributed by atoms with E-state index in [-0.39, 0.29) is 0 Å². The molecule has 1 heteroatoms. The van der Waals surface area contributed by atoms with Gasteiger partial charge in [0.1, 0.15) is 0 Å². The molecule has 0 rings (SSSR count). The van der Waals surface area contributed by atoms with E-state index in [0.29, 0.717) is 0 Å². The van der Waals surface area contributed by atoms with Crippen LogP contribution >= 0.6 is 0 Å². The van der Waals surface area contributed by atoms with Gasteiger partial charge in [0.2, 0.25) is 0 Å². The van der Waals surface area contributed by atoms with Crippen LogP contribution < -0.4 is 0 Å². The molecule has 0 unspecified atom stereocenters. The summed E-state index contributed by atoms with van der Waals surface area (Å²) in [5, 5.41) is 8.94. The van der Waals surface area contributed by atoms with E-state index >= 15 is 0 Å². The lowest BCUT2D eigenvalue weighted by Crippen LogP contribution is -2.01. The zero-order chi connectivity index (χ0) is 6.57. The summed E-state index contributed by atoms with van der Waals surface area (Å²) in [6.45, 7) is 7.20. The lowest BCUT2D eigenvalue weighted by Gasteiger charge is -2.01. The van der Waals surface area contributed by atoms with Crippen LogP contribution in [0.15, 0.2) is 24.3 Å². The summed E-state index contributed by atoms with van der Waals surface area (Å²) in [6, 6.07) is 0. The Hall–Kier alpha value is -0.560. The summed E-state index contributed by atoms with van der Waals surface area (Å²) in [4.78, 5) is 0.